The lowest BCUT2D eigenvalue weighted by atomic mass is 10.0. The molecule has 0 spiro atoms. The lowest BCUT2D eigenvalue weighted by Crippen LogP contribution is -2.25. The second kappa shape index (κ2) is 6.16. The fourth-order valence-corrected chi connectivity index (χ4v) is 1.45. The fourth-order valence-electron chi connectivity index (χ4n) is 1.45. The second-order valence-electron chi connectivity index (χ2n) is 4.06. The van der Waals surface area contributed by atoms with E-state index in [1.54, 1.807) is 0 Å². The Kier molecular flexibility index (Phi) is 4.83. The van der Waals surface area contributed by atoms with Crippen molar-refractivity contribution in [1.29, 1.82) is 0 Å². The molecule has 0 aliphatic rings. The van der Waals surface area contributed by atoms with E-state index in [9.17, 15) is 4.79 Å². The van der Waals surface area contributed by atoms with Crippen LogP contribution in [0.25, 0.3) is 0 Å². The Balaban J connectivity index is 2.40. The summed E-state index contributed by atoms with van der Waals surface area (Å²) in [6.45, 7) is 4.95. The molecule has 1 amide bonds. The zero-order chi connectivity index (χ0) is 12.0. The first-order valence-corrected chi connectivity index (χ1v) is 5.54. The summed E-state index contributed by atoms with van der Waals surface area (Å²) < 4.78 is 4.49. The smallest absolute Gasteiger partial charge is 0.406 e. The fraction of sp³-hybridized carbons (Fsp3) is 0.462. The number of ether oxygens (including phenoxy) is 1. The maximum atomic E-state index is 10.8. The number of nitrogens with one attached hydrogen (secondary N) is 1. The molecule has 1 aromatic carbocycles. The number of methoxy groups -OCH3 is 1. The van der Waals surface area contributed by atoms with Gasteiger partial charge in [0.15, 0.2) is 0 Å². The van der Waals surface area contributed by atoms with Crippen molar-refractivity contribution in [2.45, 2.75) is 26.2 Å². The summed E-state index contributed by atoms with van der Waals surface area (Å²) in [4.78, 5) is 10.8. The molecule has 0 saturated carbocycles. The molecule has 0 aliphatic heterocycles. The van der Waals surface area contributed by atoms with Crippen LogP contribution in [0.1, 0.15) is 30.9 Å². The third-order valence-electron chi connectivity index (χ3n) is 2.51. The Labute approximate surface area is 96.8 Å². The maximum Gasteiger partial charge on any atom is 0.406 e. The van der Waals surface area contributed by atoms with Crippen LogP contribution >= 0.6 is 0 Å². The van der Waals surface area contributed by atoms with Crippen LogP contribution in [0.5, 0.6) is 0 Å². The summed E-state index contributed by atoms with van der Waals surface area (Å²) in [5, 5.41) is 2.66. The van der Waals surface area contributed by atoms with Crippen LogP contribution in [0.3, 0.4) is 0 Å². The van der Waals surface area contributed by atoms with Crippen molar-refractivity contribution in [2.75, 3.05) is 13.7 Å². The van der Waals surface area contributed by atoms with Gasteiger partial charge in [-0.1, -0.05) is 38.1 Å². The molecule has 3 heteroatoms. The summed E-state index contributed by atoms with van der Waals surface area (Å²) in [5.41, 5.74) is 2.56. The highest BCUT2D eigenvalue weighted by Crippen LogP contribution is 2.14. The summed E-state index contributed by atoms with van der Waals surface area (Å²) in [6.07, 6.45) is 0.451. The van der Waals surface area contributed by atoms with Crippen molar-refractivity contribution in [3.8, 4) is 0 Å². The summed E-state index contributed by atoms with van der Waals surface area (Å²) in [6, 6.07) is 8.48. The molecule has 1 rings (SSSR count). The largest absolute Gasteiger partial charge is 0.453 e. The molecule has 0 atom stereocenters. The van der Waals surface area contributed by atoms with E-state index in [4.69, 9.17) is 0 Å². The molecule has 3 nitrogen and oxygen atoms in total. The third kappa shape index (κ3) is 3.93. The van der Waals surface area contributed by atoms with Gasteiger partial charge in [0.05, 0.1) is 7.11 Å². The minimum absolute atomic E-state index is 0.376. The van der Waals surface area contributed by atoms with Crippen LogP contribution in [-0.4, -0.2) is 19.7 Å². The first kappa shape index (κ1) is 12.6. The van der Waals surface area contributed by atoms with Gasteiger partial charge in [0.25, 0.3) is 0 Å². The van der Waals surface area contributed by atoms with E-state index in [-0.39, 0.29) is 6.09 Å². The van der Waals surface area contributed by atoms with Gasteiger partial charge < -0.3 is 10.1 Å². The monoisotopic (exact) mass is 221 g/mol. The molecule has 0 unspecified atom stereocenters. The standard InChI is InChI=1S/C13H19NO2/c1-10(2)12-6-4-11(5-7-12)8-9-14-13(15)16-3/h4-7,10H,8-9H2,1-3H3,(H,14,15). The van der Waals surface area contributed by atoms with Crippen molar-refractivity contribution in [3.63, 3.8) is 0 Å². The number of hydrogen-bond donors (Lipinski definition) is 1. The Morgan fingerprint density at radius 3 is 2.44 bits per heavy atom. The molecule has 0 bridgehead atoms. The molecule has 0 saturated heterocycles. The molecule has 0 radical (unpaired) electrons. The lowest BCUT2D eigenvalue weighted by molar-refractivity contribution is 0.171. The van der Waals surface area contributed by atoms with Crippen molar-refractivity contribution >= 4 is 6.09 Å². The van der Waals surface area contributed by atoms with Gasteiger partial charge in [0, 0.05) is 6.54 Å². The molecule has 0 fully saturated rings. The van der Waals surface area contributed by atoms with Gasteiger partial charge in [-0.25, -0.2) is 4.79 Å². The topological polar surface area (TPSA) is 38.3 Å². The number of alkyl carbamates (subject to hydrolysis) is 1. The lowest BCUT2D eigenvalue weighted by Gasteiger charge is -2.07. The summed E-state index contributed by atoms with van der Waals surface area (Å²) >= 11 is 0. The molecule has 1 N–H and O–H groups in total. The highest BCUT2D eigenvalue weighted by molar-refractivity contribution is 5.66. The highest BCUT2D eigenvalue weighted by Gasteiger charge is 2.00. The average Bonchev–Trinajstić information content (AvgIpc) is 2.29. The molecular weight excluding hydrogens is 202 g/mol. The minimum atomic E-state index is -0.376. The van der Waals surface area contributed by atoms with E-state index < -0.39 is 0 Å². The number of hydrogen-bond acceptors (Lipinski definition) is 2. The number of carbonyl (C=O) groups excluding carboxylic acids is 1. The summed E-state index contributed by atoms with van der Waals surface area (Å²) in [5.74, 6) is 0.558. The zero-order valence-corrected chi connectivity index (χ0v) is 10.1. The van der Waals surface area contributed by atoms with Crippen molar-refractivity contribution < 1.29 is 9.53 Å². The quantitative estimate of drug-likeness (QED) is 0.849. The maximum absolute atomic E-state index is 10.8. The second-order valence-corrected chi connectivity index (χ2v) is 4.06. The van der Waals surface area contributed by atoms with Crippen LogP contribution in [0.2, 0.25) is 0 Å². The van der Waals surface area contributed by atoms with E-state index in [0.29, 0.717) is 12.5 Å². The van der Waals surface area contributed by atoms with Gasteiger partial charge in [-0.15, -0.1) is 0 Å². The van der Waals surface area contributed by atoms with Crippen molar-refractivity contribution in [3.05, 3.63) is 35.4 Å². The molecule has 1 aromatic rings. The van der Waals surface area contributed by atoms with Gasteiger partial charge >= 0.3 is 6.09 Å². The van der Waals surface area contributed by atoms with Gasteiger partial charge in [-0.05, 0) is 23.5 Å². The minimum Gasteiger partial charge on any atom is -0.453 e. The van der Waals surface area contributed by atoms with Crippen LogP contribution in [0.4, 0.5) is 4.79 Å². The molecular formula is C13H19NO2. The molecule has 88 valence electrons. The van der Waals surface area contributed by atoms with Crippen LogP contribution < -0.4 is 5.32 Å². The Morgan fingerprint density at radius 2 is 1.94 bits per heavy atom. The van der Waals surface area contributed by atoms with Gasteiger partial charge in [-0.2, -0.15) is 0 Å². The zero-order valence-electron chi connectivity index (χ0n) is 10.1. The molecule has 16 heavy (non-hydrogen) atoms. The highest BCUT2D eigenvalue weighted by atomic mass is 16.5. The van der Waals surface area contributed by atoms with Crippen molar-refractivity contribution in [1.82, 2.24) is 5.32 Å². The Bertz CT molecular complexity index is 330. The Hall–Kier alpha value is -1.51. The first-order valence-electron chi connectivity index (χ1n) is 5.54. The van der Waals surface area contributed by atoms with Gasteiger partial charge in [0.2, 0.25) is 0 Å². The number of amides is 1. The van der Waals surface area contributed by atoms with E-state index in [0.717, 1.165) is 6.42 Å². The van der Waals surface area contributed by atoms with E-state index >= 15 is 0 Å². The third-order valence-corrected chi connectivity index (χ3v) is 2.51. The number of benzene rings is 1. The van der Waals surface area contributed by atoms with Crippen LogP contribution in [0, 0.1) is 0 Å². The normalized spacial score (nSPS) is 10.2. The average molecular weight is 221 g/mol. The molecule has 0 aliphatic carbocycles. The SMILES string of the molecule is COC(=O)NCCc1ccc(C(C)C)cc1. The van der Waals surface area contributed by atoms with Crippen molar-refractivity contribution in [2.24, 2.45) is 0 Å². The number of rotatable bonds is 4. The van der Waals surface area contributed by atoms with Gasteiger partial charge in [-0.3, -0.25) is 0 Å². The summed E-state index contributed by atoms with van der Waals surface area (Å²) in [7, 11) is 1.37. The van der Waals surface area contributed by atoms with Crippen LogP contribution in [-0.2, 0) is 11.2 Å². The Morgan fingerprint density at radius 1 is 1.31 bits per heavy atom. The van der Waals surface area contributed by atoms with E-state index in [2.05, 4.69) is 48.2 Å². The number of carbonyl (C=O) groups is 1. The van der Waals surface area contributed by atoms with Crippen LogP contribution in [0.15, 0.2) is 24.3 Å². The molecule has 0 aromatic heterocycles. The predicted molar refractivity (Wildman–Crippen MR) is 64.6 cm³/mol. The predicted octanol–water partition coefficient (Wildman–Crippen LogP) is 2.71. The first-order chi connectivity index (χ1) is 7.63. The molecule has 0 heterocycles. The van der Waals surface area contributed by atoms with E-state index in [1.807, 2.05) is 0 Å². The van der Waals surface area contributed by atoms with E-state index in [1.165, 1.54) is 18.2 Å². The van der Waals surface area contributed by atoms with Gasteiger partial charge in [0.1, 0.15) is 0 Å².